The van der Waals surface area contributed by atoms with Crippen molar-refractivity contribution in [3.63, 3.8) is 0 Å². The highest BCUT2D eigenvalue weighted by Gasteiger charge is 2.09. The summed E-state index contributed by atoms with van der Waals surface area (Å²) in [7, 11) is 0. The zero-order valence-corrected chi connectivity index (χ0v) is 10.5. The molecule has 1 aromatic heterocycles. The molecule has 1 aromatic carbocycles. The summed E-state index contributed by atoms with van der Waals surface area (Å²) in [4.78, 5) is 11.3. The number of ether oxygens (including phenoxy) is 1. The van der Waals surface area contributed by atoms with Crippen molar-refractivity contribution in [3.8, 4) is 5.75 Å². The number of benzene rings is 1. The van der Waals surface area contributed by atoms with E-state index in [9.17, 15) is 4.79 Å². The molecule has 3 N–H and O–H groups in total. The van der Waals surface area contributed by atoms with Gasteiger partial charge in [0.15, 0.2) is 0 Å². The van der Waals surface area contributed by atoms with E-state index in [0.717, 1.165) is 16.7 Å². The second kappa shape index (κ2) is 5.10. The molecule has 96 valence electrons. The highest BCUT2D eigenvalue weighted by molar-refractivity contribution is 5.88. The van der Waals surface area contributed by atoms with Gasteiger partial charge >= 0.3 is 0 Å². The predicted octanol–water partition coefficient (Wildman–Crippen LogP) is 1.42. The van der Waals surface area contributed by atoms with E-state index in [2.05, 4.69) is 5.43 Å². The number of rotatable bonds is 4. The Morgan fingerprint density at radius 3 is 2.89 bits per heavy atom. The molecule has 0 fully saturated rings. The summed E-state index contributed by atoms with van der Waals surface area (Å²) < 4.78 is 7.57. The number of hydrogen-bond acceptors (Lipinski definition) is 3. The average Bonchev–Trinajstić information content (AvgIpc) is 2.73. The number of carbonyl (C=O) groups is 1. The third-order valence-corrected chi connectivity index (χ3v) is 2.61. The molecule has 5 nitrogen and oxygen atoms in total. The van der Waals surface area contributed by atoms with Crippen molar-refractivity contribution in [1.29, 1.82) is 0 Å². The topological polar surface area (TPSA) is 69.3 Å². The molecule has 0 saturated carbocycles. The normalized spacial score (nSPS) is 10.9. The van der Waals surface area contributed by atoms with E-state index in [-0.39, 0.29) is 18.6 Å². The van der Waals surface area contributed by atoms with Crippen molar-refractivity contribution < 1.29 is 9.53 Å². The molecule has 0 aliphatic heterocycles. The van der Waals surface area contributed by atoms with Crippen LogP contribution in [-0.2, 0) is 11.3 Å². The Kier molecular flexibility index (Phi) is 3.53. The lowest BCUT2D eigenvalue weighted by Gasteiger charge is -2.11. The summed E-state index contributed by atoms with van der Waals surface area (Å²) in [5.74, 6) is 5.69. The molecule has 5 heteroatoms. The average molecular weight is 247 g/mol. The highest BCUT2D eigenvalue weighted by atomic mass is 16.5. The molecule has 0 aliphatic rings. The van der Waals surface area contributed by atoms with E-state index in [1.54, 1.807) is 0 Å². The van der Waals surface area contributed by atoms with Crippen LogP contribution in [0.2, 0.25) is 0 Å². The number of carbonyl (C=O) groups excluding carboxylic acids is 1. The van der Waals surface area contributed by atoms with E-state index < -0.39 is 0 Å². The van der Waals surface area contributed by atoms with E-state index in [1.807, 2.05) is 48.9 Å². The van der Waals surface area contributed by atoms with Gasteiger partial charge in [0.2, 0.25) is 0 Å². The number of nitrogens with two attached hydrogens (primary N) is 1. The largest absolute Gasteiger partial charge is 0.490 e. The maximum Gasteiger partial charge on any atom is 0.253 e. The van der Waals surface area contributed by atoms with Gasteiger partial charge in [0, 0.05) is 11.6 Å². The van der Waals surface area contributed by atoms with Gasteiger partial charge in [-0.1, -0.05) is 6.07 Å². The van der Waals surface area contributed by atoms with Gasteiger partial charge in [-0.15, -0.1) is 0 Å². The third-order valence-electron chi connectivity index (χ3n) is 2.61. The van der Waals surface area contributed by atoms with Gasteiger partial charge in [-0.2, -0.15) is 0 Å². The molecule has 2 rings (SSSR count). The van der Waals surface area contributed by atoms with Crippen LogP contribution >= 0.6 is 0 Å². The fraction of sp³-hybridized carbons (Fsp3) is 0.308. The summed E-state index contributed by atoms with van der Waals surface area (Å²) >= 11 is 0. The second-order valence-corrected chi connectivity index (χ2v) is 4.37. The van der Waals surface area contributed by atoms with Crippen LogP contribution in [0.3, 0.4) is 0 Å². The number of amides is 1. The van der Waals surface area contributed by atoms with Crippen molar-refractivity contribution in [2.75, 3.05) is 0 Å². The standard InChI is InChI=1S/C13H17N3O2/c1-9(2)18-12-5-3-4-11-10(12)6-7-16(11)8-13(17)15-14/h3-7,9H,8,14H2,1-2H3,(H,15,17). The molecule has 0 bridgehead atoms. The van der Waals surface area contributed by atoms with E-state index in [1.165, 1.54) is 0 Å². The van der Waals surface area contributed by atoms with Gasteiger partial charge < -0.3 is 9.30 Å². The van der Waals surface area contributed by atoms with Gasteiger partial charge in [-0.3, -0.25) is 10.2 Å². The van der Waals surface area contributed by atoms with E-state index in [0.29, 0.717) is 0 Å². The molecule has 0 unspecified atom stereocenters. The maximum absolute atomic E-state index is 11.3. The molecular formula is C13H17N3O2. The minimum atomic E-state index is -0.234. The smallest absolute Gasteiger partial charge is 0.253 e. The number of nitrogens with zero attached hydrogens (tertiary/aromatic N) is 1. The van der Waals surface area contributed by atoms with Crippen molar-refractivity contribution in [2.24, 2.45) is 5.84 Å². The van der Waals surface area contributed by atoms with Crippen molar-refractivity contribution >= 4 is 16.8 Å². The van der Waals surface area contributed by atoms with Gasteiger partial charge in [0.05, 0.1) is 11.6 Å². The zero-order chi connectivity index (χ0) is 13.1. The van der Waals surface area contributed by atoms with Crippen LogP contribution in [0.15, 0.2) is 30.5 Å². The van der Waals surface area contributed by atoms with Gasteiger partial charge in [0.1, 0.15) is 12.3 Å². The highest BCUT2D eigenvalue weighted by Crippen LogP contribution is 2.27. The number of aromatic nitrogens is 1. The Morgan fingerprint density at radius 1 is 1.44 bits per heavy atom. The number of fused-ring (bicyclic) bond motifs is 1. The number of nitrogens with one attached hydrogen (secondary N) is 1. The summed E-state index contributed by atoms with van der Waals surface area (Å²) in [6, 6.07) is 7.73. The van der Waals surface area contributed by atoms with Gasteiger partial charge in [-0.05, 0) is 32.0 Å². The minimum absolute atomic E-state index is 0.117. The van der Waals surface area contributed by atoms with Crippen LogP contribution in [0, 0.1) is 0 Å². The zero-order valence-electron chi connectivity index (χ0n) is 10.5. The summed E-state index contributed by atoms with van der Waals surface area (Å²) in [5, 5.41) is 0.996. The van der Waals surface area contributed by atoms with Crippen LogP contribution in [0.4, 0.5) is 0 Å². The fourth-order valence-electron chi connectivity index (χ4n) is 1.89. The monoisotopic (exact) mass is 247 g/mol. The SMILES string of the molecule is CC(C)Oc1cccc2c1ccn2CC(=O)NN. The molecule has 0 aliphatic carbocycles. The molecule has 2 aromatic rings. The van der Waals surface area contributed by atoms with E-state index in [4.69, 9.17) is 10.6 Å². The maximum atomic E-state index is 11.3. The van der Waals surface area contributed by atoms with Crippen LogP contribution in [-0.4, -0.2) is 16.6 Å². The van der Waals surface area contributed by atoms with Crippen LogP contribution in [0.5, 0.6) is 5.75 Å². The summed E-state index contributed by atoms with van der Waals surface area (Å²) in [6.45, 7) is 4.17. The Labute approximate surface area is 105 Å². The summed E-state index contributed by atoms with van der Waals surface area (Å²) in [6.07, 6.45) is 1.97. The number of hydrazine groups is 1. The first kappa shape index (κ1) is 12.4. The quantitative estimate of drug-likeness (QED) is 0.487. The van der Waals surface area contributed by atoms with Crippen LogP contribution < -0.4 is 16.0 Å². The molecule has 0 saturated heterocycles. The molecular weight excluding hydrogens is 230 g/mol. The van der Waals surface area contributed by atoms with Gasteiger partial charge in [-0.25, -0.2) is 5.84 Å². The van der Waals surface area contributed by atoms with Crippen LogP contribution in [0.1, 0.15) is 13.8 Å². The van der Waals surface area contributed by atoms with Crippen molar-refractivity contribution in [3.05, 3.63) is 30.5 Å². The first-order valence-corrected chi connectivity index (χ1v) is 5.85. The van der Waals surface area contributed by atoms with Crippen molar-refractivity contribution in [1.82, 2.24) is 9.99 Å². The molecule has 0 spiro atoms. The summed E-state index contributed by atoms with van der Waals surface area (Å²) in [5.41, 5.74) is 3.08. The Balaban J connectivity index is 2.38. The molecule has 0 atom stereocenters. The molecule has 1 heterocycles. The number of hydrogen-bond donors (Lipinski definition) is 2. The first-order valence-electron chi connectivity index (χ1n) is 5.85. The molecule has 0 radical (unpaired) electrons. The lowest BCUT2D eigenvalue weighted by molar-refractivity contribution is -0.121. The lowest BCUT2D eigenvalue weighted by atomic mass is 10.2. The minimum Gasteiger partial charge on any atom is -0.490 e. The fourth-order valence-corrected chi connectivity index (χ4v) is 1.89. The molecule has 18 heavy (non-hydrogen) atoms. The third kappa shape index (κ3) is 2.46. The Hall–Kier alpha value is -2.01. The van der Waals surface area contributed by atoms with Crippen molar-refractivity contribution in [2.45, 2.75) is 26.5 Å². The Morgan fingerprint density at radius 2 is 2.22 bits per heavy atom. The van der Waals surface area contributed by atoms with Crippen LogP contribution in [0.25, 0.3) is 10.9 Å². The molecule has 1 amide bonds. The first-order chi connectivity index (χ1) is 8.61. The lowest BCUT2D eigenvalue weighted by Crippen LogP contribution is -2.33. The van der Waals surface area contributed by atoms with Gasteiger partial charge in [0.25, 0.3) is 5.91 Å². The Bertz CT molecular complexity index is 560. The van der Waals surface area contributed by atoms with E-state index >= 15 is 0 Å². The second-order valence-electron chi connectivity index (χ2n) is 4.37. The predicted molar refractivity (Wildman–Crippen MR) is 70.0 cm³/mol.